The molecule has 3 N–H and O–H groups in total. The van der Waals surface area contributed by atoms with Crippen molar-refractivity contribution in [2.24, 2.45) is 5.73 Å². The van der Waals surface area contributed by atoms with Crippen LogP contribution >= 0.6 is 0 Å². The van der Waals surface area contributed by atoms with Gasteiger partial charge in [-0.3, -0.25) is 0 Å². The summed E-state index contributed by atoms with van der Waals surface area (Å²) in [5, 5.41) is 11.5. The van der Waals surface area contributed by atoms with Gasteiger partial charge in [0.2, 0.25) is 0 Å². The molecule has 0 fully saturated rings. The molecule has 1 rings (SSSR count). The summed E-state index contributed by atoms with van der Waals surface area (Å²) < 4.78 is 0. The van der Waals surface area contributed by atoms with E-state index in [0.717, 1.165) is 11.3 Å². The lowest BCUT2D eigenvalue weighted by molar-refractivity contribution is 0.749. The summed E-state index contributed by atoms with van der Waals surface area (Å²) in [6, 6.07) is 9.66. The Morgan fingerprint density at radius 1 is 1.46 bits per heavy atom. The third kappa shape index (κ3) is 2.46. The Bertz CT molecular complexity index is 297. The summed E-state index contributed by atoms with van der Waals surface area (Å²) in [6.07, 6.45) is 0.360. The Morgan fingerprint density at radius 3 is 2.54 bits per heavy atom. The van der Waals surface area contributed by atoms with Gasteiger partial charge in [0.05, 0.1) is 12.5 Å². The van der Waals surface area contributed by atoms with E-state index in [1.54, 1.807) is 0 Å². The van der Waals surface area contributed by atoms with E-state index in [1.807, 2.05) is 31.3 Å². The third-order valence-corrected chi connectivity index (χ3v) is 1.94. The Kier molecular flexibility index (Phi) is 3.30. The topological polar surface area (TPSA) is 61.8 Å². The van der Waals surface area contributed by atoms with Crippen molar-refractivity contribution >= 4 is 5.69 Å². The first kappa shape index (κ1) is 9.56. The molecule has 0 aliphatic carbocycles. The second kappa shape index (κ2) is 4.48. The predicted molar refractivity (Wildman–Crippen MR) is 53.1 cm³/mol. The number of nitrogens with one attached hydrogen (secondary N) is 1. The number of nitriles is 1. The van der Waals surface area contributed by atoms with Crippen molar-refractivity contribution in [3.63, 3.8) is 0 Å². The van der Waals surface area contributed by atoms with Crippen LogP contribution in [0, 0.1) is 11.3 Å². The van der Waals surface area contributed by atoms with Gasteiger partial charge in [0.1, 0.15) is 0 Å². The lowest BCUT2D eigenvalue weighted by Gasteiger charge is -2.08. The van der Waals surface area contributed by atoms with Gasteiger partial charge in [-0.25, -0.2) is 0 Å². The average Bonchev–Trinajstić information content (AvgIpc) is 2.18. The van der Waals surface area contributed by atoms with Crippen LogP contribution in [0.25, 0.3) is 0 Å². The Labute approximate surface area is 78.2 Å². The minimum Gasteiger partial charge on any atom is -0.388 e. The van der Waals surface area contributed by atoms with Gasteiger partial charge in [-0.1, -0.05) is 12.1 Å². The summed E-state index contributed by atoms with van der Waals surface area (Å²) in [5.74, 6) is 0. The van der Waals surface area contributed by atoms with E-state index in [-0.39, 0.29) is 6.04 Å². The number of hydrogen-bond acceptors (Lipinski definition) is 3. The zero-order valence-corrected chi connectivity index (χ0v) is 7.62. The van der Waals surface area contributed by atoms with E-state index in [0.29, 0.717) is 6.42 Å². The Morgan fingerprint density at radius 2 is 2.08 bits per heavy atom. The first-order valence-electron chi connectivity index (χ1n) is 4.18. The Hall–Kier alpha value is -1.53. The van der Waals surface area contributed by atoms with Crippen LogP contribution in [0.4, 0.5) is 5.69 Å². The van der Waals surface area contributed by atoms with Gasteiger partial charge in [0.15, 0.2) is 0 Å². The highest BCUT2D eigenvalue weighted by molar-refractivity contribution is 5.44. The Balaban J connectivity index is 2.74. The van der Waals surface area contributed by atoms with Crippen LogP contribution in [0.1, 0.15) is 18.0 Å². The molecule has 1 aromatic carbocycles. The quantitative estimate of drug-likeness (QED) is 0.734. The number of benzene rings is 1. The molecule has 0 aliphatic rings. The zero-order valence-electron chi connectivity index (χ0n) is 7.62. The summed E-state index contributed by atoms with van der Waals surface area (Å²) in [6.45, 7) is 0. The highest BCUT2D eigenvalue weighted by Crippen LogP contribution is 2.16. The van der Waals surface area contributed by atoms with Gasteiger partial charge in [0, 0.05) is 18.8 Å². The van der Waals surface area contributed by atoms with Crippen molar-refractivity contribution in [2.45, 2.75) is 12.5 Å². The van der Waals surface area contributed by atoms with Crippen LogP contribution < -0.4 is 11.1 Å². The van der Waals surface area contributed by atoms with Gasteiger partial charge in [0.25, 0.3) is 0 Å². The molecule has 0 bridgehead atoms. The molecular weight excluding hydrogens is 162 g/mol. The van der Waals surface area contributed by atoms with E-state index in [4.69, 9.17) is 11.0 Å². The molecule has 3 heteroatoms. The molecule has 0 saturated carbocycles. The molecule has 13 heavy (non-hydrogen) atoms. The van der Waals surface area contributed by atoms with Gasteiger partial charge >= 0.3 is 0 Å². The van der Waals surface area contributed by atoms with E-state index in [9.17, 15) is 0 Å². The molecule has 0 amide bonds. The van der Waals surface area contributed by atoms with Crippen LogP contribution in [-0.4, -0.2) is 7.05 Å². The van der Waals surface area contributed by atoms with Crippen molar-refractivity contribution in [1.29, 1.82) is 5.26 Å². The van der Waals surface area contributed by atoms with Gasteiger partial charge in [-0.05, 0) is 17.7 Å². The van der Waals surface area contributed by atoms with Crippen molar-refractivity contribution in [3.8, 4) is 6.07 Å². The van der Waals surface area contributed by atoms with Gasteiger partial charge in [-0.2, -0.15) is 5.26 Å². The average molecular weight is 175 g/mol. The molecule has 0 saturated heterocycles. The molecule has 68 valence electrons. The minimum atomic E-state index is -0.170. The van der Waals surface area contributed by atoms with E-state index in [1.165, 1.54) is 0 Å². The van der Waals surface area contributed by atoms with Crippen LogP contribution in [-0.2, 0) is 0 Å². The predicted octanol–water partition coefficient (Wildman–Crippen LogP) is 1.64. The summed E-state index contributed by atoms with van der Waals surface area (Å²) in [5.41, 5.74) is 7.80. The maximum Gasteiger partial charge on any atom is 0.0641 e. The molecule has 0 aromatic heterocycles. The minimum absolute atomic E-state index is 0.170. The second-order valence-electron chi connectivity index (χ2n) is 2.84. The summed E-state index contributed by atoms with van der Waals surface area (Å²) in [4.78, 5) is 0. The van der Waals surface area contributed by atoms with Crippen molar-refractivity contribution < 1.29 is 0 Å². The first-order valence-corrected chi connectivity index (χ1v) is 4.18. The third-order valence-electron chi connectivity index (χ3n) is 1.94. The normalized spacial score (nSPS) is 11.8. The smallest absolute Gasteiger partial charge is 0.0641 e. The molecule has 0 radical (unpaired) electrons. The standard InChI is InChI=1S/C10H13N3/c1-13-9-4-2-8(3-5-9)10(12)6-7-11/h2-5,10,13H,6,12H2,1H3/t10-/m0/s1. The fourth-order valence-electron chi connectivity index (χ4n) is 1.11. The summed E-state index contributed by atoms with van der Waals surface area (Å²) >= 11 is 0. The van der Waals surface area contributed by atoms with E-state index >= 15 is 0 Å². The molecule has 0 heterocycles. The molecule has 3 nitrogen and oxygen atoms in total. The molecule has 0 unspecified atom stereocenters. The first-order chi connectivity index (χ1) is 6.27. The molecule has 0 spiro atoms. The maximum atomic E-state index is 8.46. The maximum absolute atomic E-state index is 8.46. The van der Waals surface area contributed by atoms with E-state index in [2.05, 4.69) is 11.4 Å². The monoisotopic (exact) mass is 175 g/mol. The van der Waals surface area contributed by atoms with Crippen LogP contribution in [0.5, 0.6) is 0 Å². The van der Waals surface area contributed by atoms with Gasteiger partial charge in [-0.15, -0.1) is 0 Å². The van der Waals surface area contributed by atoms with Crippen molar-refractivity contribution in [3.05, 3.63) is 29.8 Å². The van der Waals surface area contributed by atoms with E-state index < -0.39 is 0 Å². The molecule has 0 aliphatic heterocycles. The molecular formula is C10H13N3. The lowest BCUT2D eigenvalue weighted by atomic mass is 10.1. The molecule has 1 atom stereocenters. The lowest BCUT2D eigenvalue weighted by Crippen LogP contribution is -2.08. The van der Waals surface area contributed by atoms with Crippen LogP contribution in [0.3, 0.4) is 0 Å². The number of anilines is 1. The van der Waals surface area contributed by atoms with Crippen LogP contribution in [0.2, 0.25) is 0 Å². The fraction of sp³-hybridized carbons (Fsp3) is 0.300. The fourth-order valence-corrected chi connectivity index (χ4v) is 1.11. The van der Waals surface area contributed by atoms with Gasteiger partial charge < -0.3 is 11.1 Å². The highest BCUT2D eigenvalue weighted by atomic mass is 14.8. The largest absolute Gasteiger partial charge is 0.388 e. The highest BCUT2D eigenvalue weighted by Gasteiger charge is 2.03. The van der Waals surface area contributed by atoms with Crippen LogP contribution in [0.15, 0.2) is 24.3 Å². The number of rotatable bonds is 3. The number of nitrogens with zero attached hydrogens (tertiary/aromatic N) is 1. The SMILES string of the molecule is CNc1ccc([C@@H](N)CC#N)cc1. The van der Waals surface area contributed by atoms with Crippen molar-refractivity contribution in [2.75, 3.05) is 12.4 Å². The van der Waals surface area contributed by atoms with Crippen molar-refractivity contribution in [1.82, 2.24) is 0 Å². The second-order valence-corrected chi connectivity index (χ2v) is 2.84. The number of nitrogens with two attached hydrogens (primary N) is 1. The zero-order chi connectivity index (χ0) is 9.68. The summed E-state index contributed by atoms with van der Waals surface area (Å²) in [7, 11) is 1.87. The number of hydrogen-bond donors (Lipinski definition) is 2. The molecule has 1 aromatic rings.